The number of methoxy groups -OCH3 is 1. The molecule has 0 aliphatic rings. The zero-order chi connectivity index (χ0) is 9.84. The predicted molar refractivity (Wildman–Crippen MR) is 53.1 cm³/mol. The van der Waals surface area contributed by atoms with Gasteiger partial charge in [0.2, 0.25) is 0 Å². The molecule has 0 fully saturated rings. The Bertz CT molecular complexity index is 353. The summed E-state index contributed by atoms with van der Waals surface area (Å²) in [6, 6.07) is 1.47. The maximum Gasteiger partial charge on any atom is 0.281 e. The fourth-order valence-corrected chi connectivity index (χ4v) is 1.56. The highest BCUT2D eigenvalue weighted by molar-refractivity contribution is 9.10. The molecule has 0 N–H and O–H groups in total. The Hall–Kier alpha value is -0.390. The Morgan fingerprint density at radius 2 is 2.46 bits per heavy atom. The van der Waals surface area contributed by atoms with Crippen molar-refractivity contribution in [3.8, 4) is 0 Å². The van der Waals surface area contributed by atoms with Gasteiger partial charge >= 0.3 is 0 Å². The molecule has 72 valence electrons. The van der Waals surface area contributed by atoms with Crippen molar-refractivity contribution in [2.45, 2.75) is 6.54 Å². The number of aromatic nitrogens is 2. The minimum absolute atomic E-state index is 0.207. The average Bonchev–Trinajstić information content (AvgIpc) is 2.09. The first-order valence-electron chi connectivity index (χ1n) is 3.57. The van der Waals surface area contributed by atoms with E-state index >= 15 is 0 Å². The first-order chi connectivity index (χ1) is 6.15. The summed E-state index contributed by atoms with van der Waals surface area (Å²) in [5, 5.41) is 4.11. The molecule has 0 aromatic carbocycles. The van der Waals surface area contributed by atoms with Crippen molar-refractivity contribution < 1.29 is 4.74 Å². The monoisotopic (exact) mass is 266 g/mol. The third-order valence-corrected chi connectivity index (χ3v) is 2.16. The molecule has 1 aromatic rings. The Kier molecular flexibility index (Phi) is 3.90. The molecule has 0 spiro atoms. The Labute approximate surface area is 88.6 Å². The van der Waals surface area contributed by atoms with E-state index in [2.05, 4.69) is 21.0 Å². The van der Waals surface area contributed by atoms with Crippen LogP contribution in [-0.4, -0.2) is 23.5 Å². The maximum atomic E-state index is 11.4. The van der Waals surface area contributed by atoms with Gasteiger partial charge in [-0.05, 0) is 22.0 Å². The highest BCUT2D eigenvalue weighted by atomic mass is 79.9. The molecule has 6 heteroatoms. The van der Waals surface area contributed by atoms with Crippen molar-refractivity contribution in [3.05, 3.63) is 26.0 Å². The van der Waals surface area contributed by atoms with Crippen LogP contribution in [0.15, 0.2) is 15.3 Å². The minimum Gasteiger partial charge on any atom is -0.383 e. The highest BCUT2D eigenvalue weighted by Crippen LogP contribution is 2.08. The smallest absolute Gasteiger partial charge is 0.281 e. The standard InChI is InChI=1S/C7H8BrClN2O2/c1-13-3-2-11-7(12)5(8)4-6(9)10-11/h4H,2-3H2,1H3. The topological polar surface area (TPSA) is 44.1 Å². The lowest BCUT2D eigenvalue weighted by Crippen LogP contribution is -2.25. The molecule has 4 nitrogen and oxygen atoms in total. The summed E-state index contributed by atoms with van der Waals surface area (Å²) in [6.07, 6.45) is 0. The molecule has 0 unspecified atom stereocenters. The van der Waals surface area contributed by atoms with Gasteiger partial charge in [-0.2, -0.15) is 5.10 Å². The first kappa shape index (κ1) is 10.7. The van der Waals surface area contributed by atoms with Crippen LogP contribution in [0.1, 0.15) is 0 Å². The SMILES string of the molecule is COCCn1nc(Cl)cc(Br)c1=O. The molecule has 1 heterocycles. The fourth-order valence-electron chi connectivity index (χ4n) is 0.808. The van der Waals surface area contributed by atoms with Gasteiger partial charge in [0.15, 0.2) is 5.15 Å². The Morgan fingerprint density at radius 1 is 1.77 bits per heavy atom. The van der Waals surface area contributed by atoms with E-state index in [1.54, 1.807) is 7.11 Å². The fraction of sp³-hybridized carbons (Fsp3) is 0.429. The van der Waals surface area contributed by atoms with Crippen LogP contribution in [0.2, 0.25) is 5.15 Å². The van der Waals surface area contributed by atoms with Gasteiger partial charge < -0.3 is 4.74 Å². The molecule has 13 heavy (non-hydrogen) atoms. The van der Waals surface area contributed by atoms with Gasteiger partial charge in [0.05, 0.1) is 17.6 Å². The van der Waals surface area contributed by atoms with Crippen LogP contribution in [0.3, 0.4) is 0 Å². The maximum absolute atomic E-state index is 11.4. The van der Waals surface area contributed by atoms with E-state index < -0.39 is 0 Å². The van der Waals surface area contributed by atoms with Crippen LogP contribution >= 0.6 is 27.5 Å². The second-order valence-electron chi connectivity index (χ2n) is 2.34. The van der Waals surface area contributed by atoms with Gasteiger partial charge in [-0.15, -0.1) is 0 Å². The first-order valence-corrected chi connectivity index (χ1v) is 4.74. The van der Waals surface area contributed by atoms with Gasteiger partial charge in [-0.3, -0.25) is 4.79 Å². The third-order valence-electron chi connectivity index (χ3n) is 1.41. The van der Waals surface area contributed by atoms with Crippen molar-refractivity contribution in [2.24, 2.45) is 0 Å². The number of hydrogen-bond acceptors (Lipinski definition) is 3. The summed E-state index contributed by atoms with van der Waals surface area (Å²) < 4.78 is 6.49. The van der Waals surface area contributed by atoms with Crippen molar-refractivity contribution in [1.82, 2.24) is 9.78 Å². The molecule has 0 bridgehead atoms. The number of halogens is 2. The van der Waals surface area contributed by atoms with E-state index in [0.717, 1.165) is 0 Å². The number of nitrogens with zero attached hydrogens (tertiary/aromatic N) is 2. The molecule has 0 radical (unpaired) electrons. The molecular weight excluding hydrogens is 259 g/mol. The van der Waals surface area contributed by atoms with Gasteiger partial charge in [-0.1, -0.05) is 11.6 Å². The normalized spacial score (nSPS) is 10.4. The Balaban J connectivity index is 2.99. The van der Waals surface area contributed by atoms with Crippen molar-refractivity contribution in [3.63, 3.8) is 0 Å². The molecule has 0 atom stereocenters. The predicted octanol–water partition coefficient (Wildman–Crippen LogP) is 1.31. The Morgan fingerprint density at radius 3 is 3.08 bits per heavy atom. The van der Waals surface area contributed by atoms with Crippen LogP contribution in [0.25, 0.3) is 0 Å². The largest absolute Gasteiger partial charge is 0.383 e. The molecule has 1 aromatic heterocycles. The molecule has 0 saturated carbocycles. The number of ether oxygens (including phenoxy) is 1. The lowest BCUT2D eigenvalue weighted by molar-refractivity contribution is 0.181. The molecule has 0 saturated heterocycles. The van der Waals surface area contributed by atoms with Crippen LogP contribution in [0.4, 0.5) is 0 Å². The lowest BCUT2D eigenvalue weighted by Gasteiger charge is -2.03. The summed E-state index contributed by atoms with van der Waals surface area (Å²) in [7, 11) is 1.56. The van der Waals surface area contributed by atoms with E-state index in [4.69, 9.17) is 16.3 Å². The van der Waals surface area contributed by atoms with E-state index in [9.17, 15) is 4.79 Å². The zero-order valence-corrected chi connectivity index (χ0v) is 9.30. The molecule has 1 rings (SSSR count). The summed E-state index contributed by atoms with van der Waals surface area (Å²) >= 11 is 8.75. The van der Waals surface area contributed by atoms with Crippen LogP contribution in [0, 0.1) is 0 Å². The van der Waals surface area contributed by atoms with Crippen LogP contribution in [-0.2, 0) is 11.3 Å². The van der Waals surface area contributed by atoms with Gasteiger partial charge in [0.25, 0.3) is 5.56 Å². The highest BCUT2D eigenvalue weighted by Gasteiger charge is 2.03. The van der Waals surface area contributed by atoms with E-state index in [1.807, 2.05) is 0 Å². The van der Waals surface area contributed by atoms with Crippen molar-refractivity contribution in [2.75, 3.05) is 13.7 Å². The molecule has 0 amide bonds. The second-order valence-corrected chi connectivity index (χ2v) is 3.58. The summed E-state index contributed by atoms with van der Waals surface area (Å²) in [4.78, 5) is 11.4. The molecule has 0 aliphatic heterocycles. The lowest BCUT2D eigenvalue weighted by atomic mass is 10.5. The van der Waals surface area contributed by atoms with E-state index in [-0.39, 0.29) is 10.7 Å². The van der Waals surface area contributed by atoms with Gasteiger partial charge in [-0.25, -0.2) is 4.68 Å². The molecule has 0 aliphatic carbocycles. The van der Waals surface area contributed by atoms with Crippen LogP contribution < -0.4 is 5.56 Å². The van der Waals surface area contributed by atoms with E-state index in [0.29, 0.717) is 17.6 Å². The van der Waals surface area contributed by atoms with Crippen molar-refractivity contribution in [1.29, 1.82) is 0 Å². The van der Waals surface area contributed by atoms with E-state index in [1.165, 1.54) is 10.7 Å². The van der Waals surface area contributed by atoms with Gasteiger partial charge in [0.1, 0.15) is 0 Å². The third kappa shape index (κ3) is 2.79. The van der Waals surface area contributed by atoms with Gasteiger partial charge in [0, 0.05) is 7.11 Å². The molecular formula is C7H8BrClN2O2. The minimum atomic E-state index is -0.207. The average molecular weight is 268 g/mol. The summed E-state index contributed by atoms with van der Waals surface area (Å²) in [6.45, 7) is 0.828. The quantitative estimate of drug-likeness (QED) is 0.829. The number of hydrogen-bond donors (Lipinski definition) is 0. The zero-order valence-electron chi connectivity index (χ0n) is 6.96. The summed E-state index contributed by atoms with van der Waals surface area (Å²) in [5.41, 5.74) is -0.207. The summed E-state index contributed by atoms with van der Waals surface area (Å²) in [5.74, 6) is 0. The van der Waals surface area contributed by atoms with Crippen LogP contribution in [0.5, 0.6) is 0 Å². The number of rotatable bonds is 3. The van der Waals surface area contributed by atoms with Crippen molar-refractivity contribution >= 4 is 27.5 Å². The second kappa shape index (κ2) is 4.74.